The van der Waals surface area contributed by atoms with Crippen molar-refractivity contribution in [3.05, 3.63) is 29.8 Å². The Labute approximate surface area is 127 Å². The van der Waals surface area contributed by atoms with Gasteiger partial charge in [-0.05, 0) is 48.9 Å². The van der Waals surface area contributed by atoms with E-state index in [-0.39, 0.29) is 17.4 Å². The van der Waals surface area contributed by atoms with Crippen molar-refractivity contribution in [2.24, 2.45) is 5.41 Å². The van der Waals surface area contributed by atoms with E-state index in [0.29, 0.717) is 6.54 Å². The first kappa shape index (κ1) is 15.8. The first-order valence-electron chi connectivity index (χ1n) is 7.67. The van der Waals surface area contributed by atoms with Gasteiger partial charge in [-0.2, -0.15) is 0 Å². The average Bonchev–Trinajstić information content (AvgIpc) is 2.47. The molecule has 116 valence electrons. The Balaban J connectivity index is 1.80. The number of piperidine rings is 1. The second-order valence-corrected chi connectivity index (χ2v) is 6.37. The van der Waals surface area contributed by atoms with E-state index in [0.717, 1.165) is 31.6 Å². The van der Waals surface area contributed by atoms with E-state index >= 15 is 0 Å². The molecule has 2 N–H and O–H groups in total. The van der Waals surface area contributed by atoms with Gasteiger partial charge in [-0.15, -0.1) is 0 Å². The van der Waals surface area contributed by atoms with E-state index < -0.39 is 0 Å². The Morgan fingerprint density at radius 2 is 2.10 bits per heavy atom. The van der Waals surface area contributed by atoms with Gasteiger partial charge < -0.3 is 15.4 Å². The molecule has 0 saturated carbocycles. The first-order chi connectivity index (χ1) is 10.0. The topological polar surface area (TPSA) is 50.4 Å². The fourth-order valence-corrected chi connectivity index (χ4v) is 2.88. The van der Waals surface area contributed by atoms with Crippen LogP contribution >= 0.6 is 0 Å². The van der Waals surface area contributed by atoms with E-state index in [1.54, 1.807) is 7.11 Å². The van der Waals surface area contributed by atoms with Gasteiger partial charge in [0.1, 0.15) is 5.75 Å². The average molecular weight is 290 g/mol. The number of hydrogen-bond donors (Lipinski definition) is 2. The molecule has 0 bridgehead atoms. The van der Waals surface area contributed by atoms with Gasteiger partial charge in [0, 0.05) is 6.54 Å². The Morgan fingerprint density at radius 1 is 1.38 bits per heavy atom. The molecule has 1 aliphatic rings. The summed E-state index contributed by atoms with van der Waals surface area (Å²) in [4.78, 5) is 12.3. The van der Waals surface area contributed by atoms with Crippen molar-refractivity contribution < 1.29 is 9.53 Å². The van der Waals surface area contributed by atoms with Crippen molar-refractivity contribution in [2.75, 3.05) is 20.2 Å². The SMILES string of the molecule is COc1ccc(CCNC(=O)C2NCCCC2(C)C)cc1. The highest BCUT2D eigenvalue weighted by atomic mass is 16.5. The predicted octanol–water partition coefficient (Wildman–Crippen LogP) is 2.13. The fourth-order valence-electron chi connectivity index (χ4n) is 2.88. The summed E-state index contributed by atoms with van der Waals surface area (Å²) in [6.45, 7) is 5.92. The van der Waals surface area contributed by atoms with E-state index in [1.807, 2.05) is 24.3 Å². The van der Waals surface area contributed by atoms with Gasteiger partial charge in [-0.3, -0.25) is 4.79 Å². The van der Waals surface area contributed by atoms with Crippen LogP contribution in [0.4, 0.5) is 0 Å². The highest BCUT2D eigenvalue weighted by Crippen LogP contribution is 2.30. The number of benzene rings is 1. The Kier molecular flexibility index (Phi) is 5.23. The van der Waals surface area contributed by atoms with Crippen LogP contribution in [0.2, 0.25) is 0 Å². The molecule has 1 fully saturated rings. The minimum atomic E-state index is -0.0814. The quantitative estimate of drug-likeness (QED) is 0.873. The Morgan fingerprint density at radius 3 is 2.71 bits per heavy atom. The molecule has 0 spiro atoms. The minimum Gasteiger partial charge on any atom is -0.497 e. The molecule has 21 heavy (non-hydrogen) atoms. The van der Waals surface area contributed by atoms with Crippen LogP contribution in [0.25, 0.3) is 0 Å². The van der Waals surface area contributed by atoms with Crippen molar-refractivity contribution in [2.45, 2.75) is 39.2 Å². The number of methoxy groups -OCH3 is 1. The number of hydrogen-bond acceptors (Lipinski definition) is 3. The number of amides is 1. The molecule has 4 heteroatoms. The number of ether oxygens (including phenoxy) is 1. The van der Waals surface area contributed by atoms with Crippen molar-refractivity contribution in [1.29, 1.82) is 0 Å². The van der Waals surface area contributed by atoms with Crippen LogP contribution in [-0.2, 0) is 11.2 Å². The zero-order valence-corrected chi connectivity index (χ0v) is 13.2. The van der Waals surface area contributed by atoms with E-state index in [1.165, 1.54) is 5.56 Å². The molecule has 1 unspecified atom stereocenters. The lowest BCUT2D eigenvalue weighted by Gasteiger charge is -2.38. The molecule has 4 nitrogen and oxygen atoms in total. The van der Waals surface area contributed by atoms with Gasteiger partial charge in [0.2, 0.25) is 5.91 Å². The van der Waals surface area contributed by atoms with Gasteiger partial charge in [0.15, 0.2) is 0 Å². The molecule has 1 amide bonds. The van der Waals surface area contributed by atoms with Gasteiger partial charge in [-0.25, -0.2) is 0 Å². The number of carbonyl (C=O) groups is 1. The first-order valence-corrected chi connectivity index (χ1v) is 7.67. The third kappa shape index (κ3) is 4.21. The van der Waals surface area contributed by atoms with Crippen molar-refractivity contribution in [3.63, 3.8) is 0 Å². The lowest BCUT2D eigenvalue weighted by Crippen LogP contribution is -2.55. The maximum atomic E-state index is 12.3. The monoisotopic (exact) mass is 290 g/mol. The maximum Gasteiger partial charge on any atom is 0.237 e. The van der Waals surface area contributed by atoms with E-state index in [9.17, 15) is 4.79 Å². The second-order valence-electron chi connectivity index (χ2n) is 6.37. The van der Waals surface area contributed by atoms with E-state index in [4.69, 9.17) is 4.74 Å². The number of nitrogens with one attached hydrogen (secondary N) is 2. The zero-order valence-electron chi connectivity index (χ0n) is 13.2. The predicted molar refractivity (Wildman–Crippen MR) is 84.5 cm³/mol. The summed E-state index contributed by atoms with van der Waals surface area (Å²) in [5.41, 5.74) is 1.23. The summed E-state index contributed by atoms with van der Waals surface area (Å²) in [6, 6.07) is 7.88. The third-order valence-electron chi connectivity index (χ3n) is 4.26. The normalized spacial score (nSPS) is 20.8. The molecule has 1 aromatic rings. The zero-order chi connectivity index (χ0) is 15.3. The summed E-state index contributed by atoms with van der Waals surface area (Å²) in [5, 5.41) is 6.40. The standard InChI is InChI=1S/C17H26N2O2/c1-17(2)10-4-11-18-15(17)16(20)19-12-9-13-5-7-14(21-3)8-6-13/h5-8,15,18H,4,9-12H2,1-3H3,(H,19,20). The molecule has 1 atom stereocenters. The molecule has 1 heterocycles. The van der Waals surface area contributed by atoms with Crippen LogP contribution in [0.3, 0.4) is 0 Å². The largest absolute Gasteiger partial charge is 0.497 e. The van der Waals surface area contributed by atoms with Crippen LogP contribution < -0.4 is 15.4 Å². The molecule has 0 aromatic heterocycles. The van der Waals surface area contributed by atoms with Crippen molar-refractivity contribution in [1.82, 2.24) is 10.6 Å². The summed E-state index contributed by atoms with van der Waals surface area (Å²) in [7, 11) is 1.66. The smallest absolute Gasteiger partial charge is 0.237 e. The lowest BCUT2D eigenvalue weighted by molar-refractivity contribution is -0.126. The highest BCUT2D eigenvalue weighted by molar-refractivity contribution is 5.82. The van der Waals surface area contributed by atoms with Gasteiger partial charge in [0.25, 0.3) is 0 Å². The van der Waals surface area contributed by atoms with Crippen LogP contribution in [0.1, 0.15) is 32.3 Å². The Hall–Kier alpha value is -1.55. The van der Waals surface area contributed by atoms with Crippen molar-refractivity contribution in [3.8, 4) is 5.75 Å². The van der Waals surface area contributed by atoms with Crippen molar-refractivity contribution >= 4 is 5.91 Å². The summed E-state index contributed by atoms with van der Waals surface area (Å²) >= 11 is 0. The number of rotatable bonds is 5. The van der Waals surface area contributed by atoms with Crippen LogP contribution in [-0.4, -0.2) is 32.1 Å². The summed E-state index contributed by atoms with van der Waals surface area (Å²) in [5.74, 6) is 0.976. The van der Waals surface area contributed by atoms with Crippen LogP contribution in [0.15, 0.2) is 24.3 Å². The van der Waals surface area contributed by atoms with Gasteiger partial charge in [0.05, 0.1) is 13.2 Å². The molecule has 2 rings (SSSR count). The third-order valence-corrected chi connectivity index (χ3v) is 4.26. The summed E-state index contributed by atoms with van der Waals surface area (Å²) in [6.07, 6.45) is 3.07. The second kappa shape index (κ2) is 6.94. The number of carbonyl (C=O) groups excluding carboxylic acids is 1. The molecular weight excluding hydrogens is 264 g/mol. The van der Waals surface area contributed by atoms with Crippen LogP contribution in [0.5, 0.6) is 5.75 Å². The van der Waals surface area contributed by atoms with Gasteiger partial charge in [-0.1, -0.05) is 26.0 Å². The summed E-state index contributed by atoms with van der Waals surface area (Å²) < 4.78 is 5.14. The molecule has 0 aliphatic carbocycles. The molecule has 1 saturated heterocycles. The fraction of sp³-hybridized carbons (Fsp3) is 0.588. The molecule has 0 radical (unpaired) electrons. The maximum absolute atomic E-state index is 12.3. The molecule has 1 aliphatic heterocycles. The Bertz CT molecular complexity index is 468. The molecule has 1 aromatic carbocycles. The highest BCUT2D eigenvalue weighted by Gasteiger charge is 2.36. The minimum absolute atomic E-state index is 0.0302. The van der Waals surface area contributed by atoms with E-state index in [2.05, 4.69) is 24.5 Å². The van der Waals surface area contributed by atoms with Gasteiger partial charge >= 0.3 is 0 Å². The van der Waals surface area contributed by atoms with Crippen LogP contribution in [0, 0.1) is 5.41 Å². The lowest BCUT2D eigenvalue weighted by atomic mass is 9.77. The molecular formula is C17H26N2O2.